The third-order valence-electron chi connectivity index (χ3n) is 15.8. The second kappa shape index (κ2) is 21.0. The molecule has 3 fully saturated rings. The summed E-state index contributed by atoms with van der Waals surface area (Å²) >= 11 is 1.45. The number of imide groups is 1. The van der Waals surface area contributed by atoms with Crippen molar-refractivity contribution in [2.75, 3.05) is 36.4 Å². The fraction of sp³-hybridized carbons (Fsp3) is 0.417. The number of thiazole rings is 1. The summed E-state index contributed by atoms with van der Waals surface area (Å²) in [6.45, 7) is 11.9. The van der Waals surface area contributed by atoms with Crippen LogP contribution in [0.2, 0.25) is 0 Å². The van der Waals surface area contributed by atoms with Crippen molar-refractivity contribution in [1.29, 1.82) is 0 Å². The van der Waals surface area contributed by atoms with E-state index in [0.717, 1.165) is 107 Å². The number of carbonyl (C=O) groups is 4. The number of aryl methyl sites for hydroxylation is 1. The van der Waals surface area contributed by atoms with Gasteiger partial charge in [0.25, 0.3) is 5.91 Å². The van der Waals surface area contributed by atoms with Gasteiger partial charge in [-0.05, 0) is 175 Å². The second-order valence-corrected chi connectivity index (χ2v) is 23.0. The summed E-state index contributed by atoms with van der Waals surface area (Å²) in [5.74, 6) is 0.966. The van der Waals surface area contributed by atoms with Crippen molar-refractivity contribution >= 4 is 67.1 Å². The SMILES string of the molecule is Cc1c(OC2CCC(CCCN3CC[C@H](c4cccc5c(C6CCC(=O)NC6=O)nn(C)c45)C3)CC2)cccc1-c1ccc(N2CCc3cccc(C(=O)Nc4nc5ccccc5s4)c3C2)nc1C(=O)OC(C)(C)C. The molecule has 75 heavy (non-hydrogen) atoms. The van der Waals surface area contributed by atoms with E-state index < -0.39 is 17.5 Å². The zero-order valence-corrected chi connectivity index (χ0v) is 44.4. The molecule has 7 aromatic rings. The van der Waals surface area contributed by atoms with Gasteiger partial charge in [0, 0.05) is 49.6 Å². The van der Waals surface area contributed by atoms with Crippen molar-refractivity contribution in [2.45, 2.75) is 122 Å². The summed E-state index contributed by atoms with van der Waals surface area (Å²) in [6.07, 6.45) is 9.39. The molecule has 1 saturated carbocycles. The minimum Gasteiger partial charge on any atom is -0.490 e. The Hall–Kier alpha value is -6.97. The standard InChI is InChI=1S/C60H66N8O6S/c1-36-41(43-25-27-51(62-54(43)58(72)74-60(2,3)4)68-33-30-38-13-8-16-44(47(38)35-68)56(70)64-59-61-48-18-6-7-20-50(48)75-59)14-10-19-49(36)73-40-23-21-37(22-24-40)12-11-31-67-32-29-39(34-67)42-15-9-17-45-53(65-66(5)55(42)45)46-26-28-52(69)63-57(46)71/h6-10,13-20,25,27,37,39-40,46H,11-12,21-24,26,28-35H2,1-5H3,(H,61,64,70)(H,63,69,71)/t37?,39-,40?,46?/m0/s1. The highest BCUT2D eigenvalue weighted by atomic mass is 32.1. The lowest BCUT2D eigenvalue weighted by Crippen LogP contribution is -2.39. The number of benzene rings is 4. The lowest BCUT2D eigenvalue weighted by molar-refractivity contribution is -0.134. The maximum atomic E-state index is 14.1. The number of aromatic nitrogens is 4. The molecule has 3 aromatic heterocycles. The average Bonchev–Trinajstić information content (AvgIpc) is 4.14. The summed E-state index contributed by atoms with van der Waals surface area (Å²) in [6, 6.07) is 30.1. The molecular formula is C60H66N8O6S. The van der Waals surface area contributed by atoms with E-state index in [4.69, 9.17) is 19.6 Å². The van der Waals surface area contributed by atoms with Crippen molar-refractivity contribution in [3.63, 3.8) is 0 Å². The number of anilines is 2. The topological polar surface area (TPSA) is 161 Å². The molecular weight excluding hydrogens is 961 g/mol. The number of para-hydroxylation sites is 2. The number of fused-ring (bicyclic) bond motifs is 3. The predicted molar refractivity (Wildman–Crippen MR) is 294 cm³/mol. The van der Waals surface area contributed by atoms with E-state index >= 15 is 0 Å². The highest BCUT2D eigenvalue weighted by molar-refractivity contribution is 7.22. The predicted octanol–water partition coefficient (Wildman–Crippen LogP) is 11.1. The zero-order valence-electron chi connectivity index (χ0n) is 43.6. The van der Waals surface area contributed by atoms with E-state index in [1.54, 1.807) is 0 Å². The fourth-order valence-electron chi connectivity index (χ4n) is 12.0. The summed E-state index contributed by atoms with van der Waals surface area (Å²) in [5.41, 5.74) is 8.67. The normalized spacial score (nSPS) is 20.3. The number of esters is 1. The van der Waals surface area contributed by atoms with E-state index in [1.807, 2.05) is 99.2 Å². The number of rotatable bonds is 13. The van der Waals surface area contributed by atoms with Gasteiger partial charge in [0.1, 0.15) is 17.2 Å². The zero-order chi connectivity index (χ0) is 52.0. The van der Waals surface area contributed by atoms with Crippen LogP contribution in [0.1, 0.15) is 139 Å². The first-order chi connectivity index (χ1) is 36.2. The minimum absolute atomic E-state index is 0.112. The molecule has 2 saturated heterocycles. The molecule has 2 atom stereocenters. The Morgan fingerprint density at radius 3 is 2.48 bits per heavy atom. The largest absolute Gasteiger partial charge is 0.490 e. The Morgan fingerprint density at radius 1 is 0.853 bits per heavy atom. The number of amides is 3. The fourth-order valence-corrected chi connectivity index (χ4v) is 12.8. The van der Waals surface area contributed by atoms with Gasteiger partial charge in [0.15, 0.2) is 10.8 Å². The Labute approximate surface area is 442 Å². The molecule has 4 aliphatic rings. The van der Waals surface area contributed by atoms with Crippen LogP contribution in [-0.2, 0) is 34.3 Å². The van der Waals surface area contributed by atoms with Gasteiger partial charge in [-0.3, -0.25) is 29.7 Å². The van der Waals surface area contributed by atoms with Gasteiger partial charge >= 0.3 is 5.97 Å². The molecule has 0 spiro atoms. The Kier molecular flexibility index (Phi) is 14.0. The maximum Gasteiger partial charge on any atom is 0.358 e. The first kappa shape index (κ1) is 50.2. The van der Waals surface area contributed by atoms with Gasteiger partial charge in [-0.2, -0.15) is 5.10 Å². The van der Waals surface area contributed by atoms with Gasteiger partial charge in [-0.15, -0.1) is 0 Å². The van der Waals surface area contributed by atoms with Crippen molar-refractivity contribution in [2.24, 2.45) is 13.0 Å². The molecule has 0 radical (unpaired) electrons. The molecule has 1 unspecified atom stereocenters. The molecule has 14 nitrogen and oxygen atoms in total. The van der Waals surface area contributed by atoms with Crippen LogP contribution in [-0.4, -0.2) is 86.2 Å². The van der Waals surface area contributed by atoms with Crippen LogP contribution in [0, 0.1) is 12.8 Å². The smallest absolute Gasteiger partial charge is 0.358 e. The van der Waals surface area contributed by atoms with E-state index in [2.05, 4.69) is 56.6 Å². The summed E-state index contributed by atoms with van der Waals surface area (Å²) in [7, 11) is 1.97. The quantitative estimate of drug-likeness (QED) is 0.0835. The van der Waals surface area contributed by atoms with Gasteiger partial charge in [-0.25, -0.2) is 14.8 Å². The highest BCUT2D eigenvalue weighted by Crippen LogP contribution is 2.40. The molecule has 11 rings (SSSR count). The first-order valence-electron chi connectivity index (χ1n) is 26.8. The Balaban J connectivity index is 0.715. The number of likely N-dealkylation sites (tertiary alicyclic amines) is 1. The monoisotopic (exact) mass is 1030 g/mol. The maximum absolute atomic E-state index is 14.1. The molecule has 4 aromatic carbocycles. The van der Waals surface area contributed by atoms with Crippen molar-refractivity contribution in [3.05, 3.63) is 130 Å². The number of hydrogen-bond acceptors (Lipinski definition) is 12. The molecule has 2 N–H and O–H groups in total. The van der Waals surface area contributed by atoms with Gasteiger partial charge in [0.05, 0.1) is 33.4 Å². The third kappa shape index (κ3) is 10.7. The number of nitrogens with zero attached hydrogens (tertiary/aromatic N) is 6. The number of carbonyl (C=O) groups excluding carboxylic acids is 4. The number of pyridine rings is 1. The van der Waals surface area contributed by atoms with E-state index in [0.29, 0.717) is 66.3 Å². The van der Waals surface area contributed by atoms with Crippen molar-refractivity contribution in [1.82, 2.24) is 30.0 Å². The van der Waals surface area contributed by atoms with E-state index in [-0.39, 0.29) is 29.5 Å². The van der Waals surface area contributed by atoms with E-state index in [9.17, 15) is 19.2 Å². The minimum atomic E-state index is -0.734. The van der Waals surface area contributed by atoms with Crippen LogP contribution in [0.3, 0.4) is 0 Å². The average molecular weight is 1030 g/mol. The highest BCUT2D eigenvalue weighted by Gasteiger charge is 2.34. The third-order valence-corrected chi connectivity index (χ3v) is 16.7. The number of hydrogen-bond donors (Lipinski definition) is 2. The van der Waals surface area contributed by atoms with Gasteiger partial charge < -0.3 is 19.3 Å². The Morgan fingerprint density at radius 2 is 1.67 bits per heavy atom. The van der Waals surface area contributed by atoms with E-state index in [1.165, 1.54) is 29.7 Å². The molecule has 6 heterocycles. The molecule has 3 amide bonds. The van der Waals surface area contributed by atoms with Crippen LogP contribution in [0.5, 0.6) is 5.75 Å². The summed E-state index contributed by atoms with van der Waals surface area (Å²) in [5, 5.41) is 12.0. The number of ether oxygens (including phenoxy) is 2. The van der Waals surface area contributed by atoms with Crippen LogP contribution in [0.25, 0.3) is 32.2 Å². The van der Waals surface area contributed by atoms with Crippen LogP contribution < -0.4 is 20.3 Å². The lowest BCUT2D eigenvalue weighted by Gasteiger charge is -2.31. The molecule has 0 bridgehead atoms. The molecule has 1 aliphatic carbocycles. The molecule has 388 valence electrons. The number of nitrogens with one attached hydrogen (secondary N) is 2. The van der Waals surface area contributed by atoms with Crippen LogP contribution in [0.4, 0.5) is 10.9 Å². The van der Waals surface area contributed by atoms with Crippen molar-refractivity contribution < 1.29 is 28.7 Å². The number of piperidine rings is 1. The van der Waals surface area contributed by atoms with Gasteiger partial charge in [-0.1, -0.05) is 65.9 Å². The summed E-state index contributed by atoms with van der Waals surface area (Å²) < 4.78 is 15.8. The summed E-state index contributed by atoms with van der Waals surface area (Å²) in [4.78, 5) is 67.0. The lowest BCUT2D eigenvalue weighted by atomic mass is 9.84. The molecule has 3 aliphatic heterocycles. The molecule has 15 heteroatoms. The van der Waals surface area contributed by atoms with Gasteiger partial charge in [0.2, 0.25) is 11.8 Å². The van der Waals surface area contributed by atoms with Crippen LogP contribution >= 0.6 is 11.3 Å². The second-order valence-electron chi connectivity index (χ2n) is 22.0. The van der Waals surface area contributed by atoms with Crippen LogP contribution in [0.15, 0.2) is 91.0 Å². The Bertz CT molecular complexity index is 3300. The first-order valence-corrected chi connectivity index (χ1v) is 27.6. The van der Waals surface area contributed by atoms with Crippen molar-refractivity contribution in [3.8, 4) is 16.9 Å².